The largest absolute Gasteiger partial charge is 0.343 e. The molecule has 2 rings (SSSR count). The van der Waals surface area contributed by atoms with Crippen molar-refractivity contribution in [2.24, 2.45) is 5.84 Å². The predicted molar refractivity (Wildman–Crippen MR) is 62.6 cm³/mol. The lowest BCUT2D eigenvalue weighted by Gasteiger charge is -2.09. The second-order valence-electron chi connectivity index (χ2n) is 3.31. The number of nitrogens with two attached hydrogens (primary N) is 1. The first-order valence-corrected chi connectivity index (χ1v) is 6.42. The molecule has 0 bridgehead atoms. The number of hydrogen-bond donors (Lipinski definition) is 3. The molecule has 1 aromatic carbocycles. The van der Waals surface area contributed by atoms with E-state index in [0.717, 1.165) is 6.39 Å². The van der Waals surface area contributed by atoms with Gasteiger partial charge in [0.2, 0.25) is 16.4 Å². The summed E-state index contributed by atoms with van der Waals surface area (Å²) in [6.45, 7) is -0.0578. The lowest BCUT2D eigenvalue weighted by Crippen LogP contribution is -2.25. The predicted octanol–water partition coefficient (Wildman–Crippen LogP) is -0.166. The van der Waals surface area contributed by atoms with Crippen molar-refractivity contribution in [2.45, 2.75) is 11.4 Å². The van der Waals surface area contributed by atoms with Gasteiger partial charge in [-0.1, -0.05) is 17.3 Å². The van der Waals surface area contributed by atoms with Crippen molar-refractivity contribution in [1.29, 1.82) is 0 Å². The van der Waals surface area contributed by atoms with Gasteiger partial charge >= 0.3 is 0 Å². The Labute approximate surface area is 103 Å². The molecule has 1 heterocycles. The molecule has 0 aliphatic heterocycles. The van der Waals surface area contributed by atoms with Crippen molar-refractivity contribution in [1.82, 2.24) is 14.9 Å². The minimum Gasteiger partial charge on any atom is -0.343 e. The normalized spacial score (nSPS) is 11.4. The average molecular weight is 269 g/mol. The maximum atomic E-state index is 12.0. The topological polar surface area (TPSA) is 123 Å². The molecule has 18 heavy (non-hydrogen) atoms. The number of anilines is 1. The number of hydrazine groups is 1. The minimum absolute atomic E-state index is 0.0518. The summed E-state index contributed by atoms with van der Waals surface area (Å²) in [4.78, 5) is 3.76. The standard InChI is InChI=1S/C9H11N5O3S/c10-13-7-3-1-2-4-8(7)18(15,16)12-5-9-11-6-17-14-9/h1-4,6,12-13H,5,10H2. The Balaban J connectivity index is 2.20. The van der Waals surface area contributed by atoms with Crippen LogP contribution in [-0.4, -0.2) is 18.6 Å². The van der Waals surface area contributed by atoms with Crippen LogP contribution in [0.1, 0.15) is 5.82 Å². The molecule has 96 valence electrons. The van der Waals surface area contributed by atoms with Gasteiger partial charge in [-0.3, -0.25) is 5.84 Å². The molecule has 0 amide bonds. The number of nitrogens with zero attached hydrogens (tertiary/aromatic N) is 2. The zero-order valence-electron chi connectivity index (χ0n) is 9.20. The molecule has 4 N–H and O–H groups in total. The molecular weight excluding hydrogens is 258 g/mol. The van der Waals surface area contributed by atoms with E-state index in [0.29, 0.717) is 5.69 Å². The average Bonchev–Trinajstić information content (AvgIpc) is 2.89. The third-order valence-electron chi connectivity index (χ3n) is 2.16. The number of nitrogens with one attached hydrogen (secondary N) is 2. The zero-order chi connectivity index (χ0) is 13.0. The summed E-state index contributed by atoms with van der Waals surface area (Å²) in [6, 6.07) is 6.27. The number of para-hydroxylation sites is 1. The van der Waals surface area contributed by atoms with Crippen molar-refractivity contribution < 1.29 is 12.9 Å². The summed E-state index contributed by atoms with van der Waals surface area (Å²) in [5, 5.41) is 3.50. The van der Waals surface area contributed by atoms with Crippen LogP contribution in [0.5, 0.6) is 0 Å². The van der Waals surface area contributed by atoms with E-state index in [1.165, 1.54) is 6.07 Å². The number of hydrogen-bond acceptors (Lipinski definition) is 7. The number of nitrogen functional groups attached to an aromatic ring is 1. The van der Waals surface area contributed by atoms with Crippen LogP contribution >= 0.6 is 0 Å². The summed E-state index contributed by atoms with van der Waals surface area (Å²) in [6.07, 6.45) is 1.12. The molecule has 0 saturated carbocycles. The van der Waals surface area contributed by atoms with Crippen molar-refractivity contribution in [3.63, 3.8) is 0 Å². The molecule has 0 radical (unpaired) electrons. The highest BCUT2D eigenvalue weighted by Crippen LogP contribution is 2.19. The Morgan fingerprint density at radius 2 is 2.11 bits per heavy atom. The SMILES string of the molecule is NNc1ccccc1S(=O)(=O)NCc1ncon1. The lowest BCUT2D eigenvalue weighted by atomic mass is 10.3. The summed E-state index contributed by atoms with van der Waals surface area (Å²) >= 11 is 0. The molecule has 0 spiro atoms. The van der Waals surface area contributed by atoms with Gasteiger partial charge in [-0.2, -0.15) is 4.98 Å². The molecule has 8 nitrogen and oxygen atoms in total. The van der Waals surface area contributed by atoms with Crippen molar-refractivity contribution in [3.8, 4) is 0 Å². The van der Waals surface area contributed by atoms with Gasteiger partial charge in [-0.15, -0.1) is 0 Å². The second kappa shape index (κ2) is 5.12. The van der Waals surface area contributed by atoms with E-state index < -0.39 is 10.0 Å². The molecule has 0 aliphatic carbocycles. The highest BCUT2D eigenvalue weighted by atomic mass is 32.2. The fourth-order valence-electron chi connectivity index (χ4n) is 1.33. The lowest BCUT2D eigenvalue weighted by molar-refractivity contribution is 0.409. The van der Waals surface area contributed by atoms with E-state index in [2.05, 4.69) is 24.8 Å². The molecule has 1 aromatic heterocycles. The van der Waals surface area contributed by atoms with E-state index in [1.807, 2.05) is 0 Å². The number of sulfonamides is 1. The Hall–Kier alpha value is -1.97. The van der Waals surface area contributed by atoms with E-state index in [9.17, 15) is 8.42 Å². The van der Waals surface area contributed by atoms with Gasteiger partial charge in [0.25, 0.3) is 0 Å². The van der Waals surface area contributed by atoms with Crippen LogP contribution in [0.4, 0.5) is 5.69 Å². The molecule has 0 unspecified atom stereocenters. The third kappa shape index (κ3) is 2.64. The fraction of sp³-hybridized carbons (Fsp3) is 0.111. The Morgan fingerprint density at radius 3 is 2.78 bits per heavy atom. The van der Waals surface area contributed by atoms with Gasteiger partial charge in [0.15, 0.2) is 5.82 Å². The molecule has 0 fully saturated rings. The van der Waals surface area contributed by atoms with Crippen molar-refractivity contribution in [2.75, 3.05) is 5.43 Å². The van der Waals surface area contributed by atoms with E-state index in [1.54, 1.807) is 18.2 Å². The van der Waals surface area contributed by atoms with Crippen LogP contribution in [0.15, 0.2) is 40.1 Å². The van der Waals surface area contributed by atoms with Crippen LogP contribution in [0.25, 0.3) is 0 Å². The maximum absolute atomic E-state index is 12.0. The molecule has 0 aliphatic rings. The van der Waals surface area contributed by atoms with Gasteiger partial charge < -0.3 is 9.95 Å². The number of benzene rings is 1. The van der Waals surface area contributed by atoms with E-state index >= 15 is 0 Å². The third-order valence-corrected chi connectivity index (χ3v) is 3.62. The van der Waals surface area contributed by atoms with E-state index in [4.69, 9.17) is 5.84 Å². The smallest absolute Gasteiger partial charge is 0.243 e. The molecule has 0 saturated heterocycles. The number of aromatic nitrogens is 2. The van der Waals surface area contributed by atoms with Gasteiger partial charge in [-0.25, -0.2) is 13.1 Å². The van der Waals surface area contributed by atoms with E-state index in [-0.39, 0.29) is 17.3 Å². The molecule has 0 atom stereocenters. The summed E-state index contributed by atoms with van der Waals surface area (Å²) in [5.74, 6) is 5.50. The summed E-state index contributed by atoms with van der Waals surface area (Å²) in [5.41, 5.74) is 2.63. The van der Waals surface area contributed by atoms with Crippen molar-refractivity contribution >= 4 is 15.7 Å². The van der Waals surface area contributed by atoms with Gasteiger partial charge in [-0.05, 0) is 12.1 Å². The van der Waals surface area contributed by atoms with Crippen LogP contribution in [0.2, 0.25) is 0 Å². The first kappa shape index (κ1) is 12.5. The van der Waals surface area contributed by atoms with Gasteiger partial charge in [0.05, 0.1) is 12.2 Å². The summed E-state index contributed by atoms with van der Waals surface area (Å²) in [7, 11) is -3.69. The Bertz CT molecular complexity index is 611. The highest BCUT2D eigenvalue weighted by Gasteiger charge is 2.18. The van der Waals surface area contributed by atoms with Crippen LogP contribution in [0.3, 0.4) is 0 Å². The van der Waals surface area contributed by atoms with Gasteiger partial charge in [0.1, 0.15) is 4.90 Å². The first-order chi connectivity index (χ1) is 8.63. The fourth-order valence-corrected chi connectivity index (χ4v) is 2.48. The second-order valence-corrected chi connectivity index (χ2v) is 5.05. The quantitative estimate of drug-likeness (QED) is 0.508. The van der Waals surface area contributed by atoms with Crippen LogP contribution in [-0.2, 0) is 16.6 Å². The first-order valence-electron chi connectivity index (χ1n) is 4.94. The van der Waals surface area contributed by atoms with Gasteiger partial charge in [0, 0.05) is 0 Å². The molecular formula is C9H11N5O3S. The zero-order valence-corrected chi connectivity index (χ0v) is 10.0. The minimum atomic E-state index is -3.69. The maximum Gasteiger partial charge on any atom is 0.243 e. The Kier molecular flexibility index (Phi) is 3.55. The van der Waals surface area contributed by atoms with Crippen LogP contribution < -0.4 is 16.0 Å². The molecule has 2 aromatic rings. The molecule has 9 heteroatoms. The monoisotopic (exact) mass is 269 g/mol. The Morgan fingerprint density at radius 1 is 1.33 bits per heavy atom. The summed E-state index contributed by atoms with van der Waals surface area (Å²) < 4.78 is 30.9. The highest BCUT2D eigenvalue weighted by molar-refractivity contribution is 7.89. The van der Waals surface area contributed by atoms with Crippen LogP contribution in [0, 0.1) is 0 Å². The van der Waals surface area contributed by atoms with Crippen molar-refractivity contribution in [3.05, 3.63) is 36.5 Å². The number of rotatable bonds is 5.